The van der Waals surface area contributed by atoms with E-state index in [0.29, 0.717) is 24.5 Å². The molecule has 0 spiro atoms. The Bertz CT molecular complexity index is 764. The number of fused-ring (bicyclic) bond motifs is 3. The molecule has 4 rings (SSSR count). The Morgan fingerprint density at radius 1 is 1.24 bits per heavy atom. The standard InChI is InChI=1S/C22H31F2NO4/c1-21(2,3)29-20-11-25-6-5-13-7-19(28-12-14-10-22(14,23)24)18(27-4)8-15(13)16(25)9-17(20)26/h7-8,14,16-17,20,26H,5-6,9-12H2,1-4H3/t14-,16?,17?,20?/m1/s1. The molecule has 2 heterocycles. The lowest BCUT2D eigenvalue weighted by Crippen LogP contribution is -2.53. The molecule has 1 aliphatic carbocycles. The highest BCUT2D eigenvalue weighted by Gasteiger charge is 2.57. The maximum atomic E-state index is 13.2. The maximum Gasteiger partial charge on any atom is 0.255 e. The number of halogens is 2. The zero-order valence-corrected chi connectivity index (χ0v) is 17.6. The van der Waals surface area contributed by atoms with Gasteiger partial charge in [-0.15, -0.1) is 0 Å². The van der Waals surface area contributed by atoms with Gasteiger partial charge in [0.1, 0.15) is 0 Å². The smallest absolute Gasteiger partial charge is 0.255 e. The number of methoxy groups -OCH3 is 1. The number of alkyl halides is 2. The maximum absolute atomic E-state index is 13.2. The van der Waals surface area contributed by atoms with E-state index in [4.69, 9.17) is 14.2 Å². The number of aliphatic hydroxyl groups excluding tert-OH is 1. The normalized spacial score (nSPS) is 31.0. The summed E-state index contributed by atoms with van der Waals surface area (Å²) in [6.07, 6.45) is 0.570. The second kappa shape index (κ2) is 7.36. The van der Waals surface area contributed by atoms with E-state index >= 15 is 0 Å². The minimum atomic E-state index is -2.59. The van der Waals surface area contributed by atoms with E-state index in [0.717, 1.165) is 24.1 Å². The molecule has 0 bridgehead atoms. The van der Waals surface area contributed by atoms with Crippen molar-refractivity contribution in [1.29, 1.82) is 0 Å². The van der Waals surface area contributed by atoms with Crippen LogP contribution in [0.3, 0.4) is 0 Å². The molecule has 0 amide bonds. The van der Waals surface area contributed by atoms with Crippen LogP contribution in [-0.2, 0) is 11.2 Å². The van der Waals surface area contributed by atoms with Gasteiger partial charge in [0.05, 0.1) is 37.4 Å². The number of rotatable bonds is 5. The van der Waals surface area contributed by atoms with E-state index in [1.165, 1.54) is 0 Å². The third-order valence-corrected chi connectivity index (χ3v) is 6.10. The van der Waals surface area contributed by atoms with Gasteiger partial charge in [-0.3, -0.25) is 4.90 Å². The van der Waals surface area contributed by atoms with Crippen LogP contribution < -0.4 is 9.47 Å². The van der Waals surface area contributed by atoms with Crippen LogP contribution in [-0.4, -0.2) is 60.5 Å². The van der Waals surface area contributed by atoms with Crippen LogP contribution in [0.15, 0.2) is 12.1 Å². The lowest BCUT2D eigenvalue weighted by molar-refractivity contribution is -0.149. The molecule has 1 N–H and O–H groups in total. The summed E-state index contributed by atoms with van der Waals surface area (Å²) in [4.78, 5) is 2.36. The number of piperidine rings is 1. The summed E-state index contributed by atoms with van der Waals surface area (Å²) in [6, 6.07) is 3.96. The molecule has 0 aromatic heterocycles. The predicted molar refractivity (Wildman–Crippen MR) is 105 cm³/mol. The summed E-state index contributed by atoms with van der Waals surface area (Å²) in [5.74, 6) is -2.22. The van der Waals surface area contributed by atoms with Crippen molar-refractivity contribution in [3.63, 3.8) is 0 Å². The topological polar surface area (TPSA) is 51.2 Å². The molecule has 1 saturated heterocycles. The fraction of sp³-hybridized carbons (Fsp3) is 0.727. The summed E-state index contributed by atoms with van der Waals surface area (Å²) in [7, 11) is 1.56. The molecule has 7 heteroatoms. The predicted octanol–water partition coefficient (Wildman–Crippen LogP) is 3.58. The van der Waals surface area contributed by atoms with Gasteiger partial charge in [-0.05, 0) is 56.9 Å². The third kappa shape index (κ3) is 4.37. The van der Waals surface area contributed by atoms with Gasteiger partial charge >= 0.3 is 0 Å². The van der Waals surface area contributed by atoms with Crippen molar-refractivity contribution in [2.75, 3.05) is 26.8 Å². The van der Waals surface area contributed by atoms with E-state index in [1.807, 2.05) is 32.9 Å². The Morgan fingerprint density at radius 3 is 2.59 bits per heavy atom. The van der Waals surface area contributed by atoms with E-state index in [-0.39, 0.29) is 30.8 Å². The first-order chi connectivity index (χ1) is 13.6. The molecule has 1 aromatic carbocycles. The highest BCUT2D eigenvalue weighted by atomic mass is 19.3. The first-order valence-corrected chi connectivity index (χ1v) is 10.4. The average molecular weight is 411 g/mol. The zero-order chi connectivity index (χ0) is 21.0. The molecular formula is C22H31F2NO4. The van der Waals surface area contributed by atoms with Gasteiger partial charge in [-0.2, -0.15) is 0 Å². The summed E-state index contributed by atoms with van der Waals surface area (Å²) in [6.45, 7) is 7.55. The van der Waals surface area contributed by atoms with Gasteiger partial charge in [0.25, 0.3) is 5.92 Å². The van der Waals surface area contributed by atoms with Gasteiger partial charge in [-0.25, -0.2) is 8.78 Å². The summed E-state index contributed by atoms with van der Waals surface area (Å²) < 4.78 is 43.6. The Morgan fingerprint density at radius 2 is 1.97 bits per heavy atom. The first kappa shape index (κ1) is 20.8. The Kier molecular flexibility index (Phi) is 5.28. The summed E-state index contributed by atoms with van der Waals surface area (Å²) >= 11 is 0. The van der Waals surface area contributed by atoms with Crippen molar-refractivity contribution in [3.8, 4) is 11.5 Å². The average Bonchev–Trinajstić information content (AvgIpc) is 3.25. The molecule has 29 heavy (non-hydrogen) atoms. The first-order valence-electron chi connectivity index (χ1n) is 10.4. The van der Waals surface area contributed by atoms with Gasteiger partial charge < -0.3 is 19.3 Å². The van der Waals surface area contributed by atoms with Crippen molar-refractivity contribution < 1.29 is 28.1 Å². The fourth-order valence-corrected chi connectivity index (χ4v) is 4.47. The highest BCUT2D eigenvalue weighted by Crippen LogP contribution is 2.49. The van der Waals surface area contributed by atoms with E-state index in [1.54, 1.807) is 7.11 Å². The highest BCUT2D eigenvalue weighted by molar-refractivity contribution is 5.49. The van der Waals surface area contributed by atoms with Crippen molar-refractivity contribution in [3.05, 3.63) is 23.3 Å². The van der Waals surface area contributed by atoms with Crippen molar-refractivity contribution in [2.45, 2.75) is 69.8 Å². The molecule has 2 fully saturated rings. The van der Waals surface area contributed by atoms with E-state index < -0.39 is 17.9 Å². The lowest BCUT2D eigenvalue weighted by atomic mass is 9.84. The third-order valence-electron chi connectivity index (χ3n) is 6.10. The zero-order valence-electron chi connectivity index (χ0n) is 17.6. The number of hydrogen-bond acceptors (Lipinski definition) is 5. The summed E-state index contributed by atoms with van der Waals surface area (Å²) in [5, 5.41) is 10.7. The van der Waals surface area contributed by atoms with Crippen LogP contribution in [0.4, 0.5) is 8.78 Å². The van der Waals surface area contributed by atoms with Crippen molar-refractivity contribution in [2.24, 2.45) is 5.92 Å². The van der Waals surface area contributed by atoms with Crippen LogP contribution in [0.1, 0.15) is 50.8 Å². The number of hydrogen-bond donors (Lipinski definition) is 1. The molecule has 3 aliphatic rings. The molecule has 2 aliphatic heterocycles. The molecule has 5 nitrogen and oxygen atoms in total. The Labute approximate surface area is 170 Å². The Balaban J connectivity index is 1.51. The van der Waals surface area contributed by atoms with Gasteiger partial charge in [0.15, 0.2) is 11.5 Å². The fourth-order valence-electron chi connectivity index (χ4n) is 4.47. The number of benzene rings is 1. The molecule has 4 atom stereocenters. The minimum absolute atomic E-state index is 0.00222. The van der Waals surface area contributed by atoms with E-state index in [9.17, 15) is 13.9 Å². The van der Waals surface area contributed by atoms with Gasteiger partial charge in [0, 0.05) is 25.6 Å². The molecule has 1 aromatic rings. The van der Waals surface area contributed by atoms with Crippen LogP contribution >= 0.6 is 0 Å². The summed E-state index contributed by atoms with van der Waals surface area (Å²) in [5.41, 5.74) is 1.94. The SMILES string of the molecule is COc1cc2c(cc1OC[C@H]1CC1(F)F)CCN1CC(OC(C)(C)C)C(O)CC21. The number of ether oxygens (including phenoxy) is 3. The molecule has 0 radical (unpaired) electrons. The number of aliphatic hydroxyl groups is 1. The molecule has 162 valence electrons. The molecule has 1 saturated carbocycles. The quantitative estimate of drug-likeness (QED) is 0.803. The monoisotopic (exact) mass is 411 g/mol. The second-order valence-electron chi connectivity index (χ2n) is 9.51. The Hall–Kier alpha value is -1.44. The van der Waals surface area contributed by atoms with Crippen molar-refractivity contribution >= 4 is 0 Å². The van der Waals surface area contributed by atoms with Crippen molar-refractivity contribution in [1.82, 2.24) is 4.90 Å². The largest absolute Gasteiger partial charge is 0.493 e. The van der Waals surface area contributed by atoms with E-state index in [2.05, 4.69) is 4.90 Å². The van der Waals surface area contributed by atoms with Gasteiger partial charge in [0.2, 0.25) is 0 Å². The van der Waals surface area contributed by atoms with Crippen LogP contribution in [0.2, 0.25) is 0 Å². The van der Waals surface area contributed by atoms with Gasteiger partial charge in [-0.1, -0.05) is 0 Å². The van der Waals surface area contributed by atoms with Crippen LogP contribution in [0, 0.1) is 5.92 Å². The van der Waals surface area contributed by atoms with Crippen LogP contribution in [0.5, 0.6) is 11.5 Å². The molecular weight excluding hydrogens is 380 g/mol. The lowest BCUT2D eigenvalue weighted by Gasteiger charge is -2.46. The number of nitrogens with zero attached hydrogens (tertiary/aromatic N) is 1. The second-order valence-corrected chi connectivity index (χ2v) is 9.51. The van der Waals surface area contributed by atoms with Crippen LogP contribution in [0.25, 0.3) is 0 Å². The minimum Gasteiger partial charge on any atom is -0.493 e. The molecule has 3 unspecified atom stereocenters.